The monoisotopic (exact) mass is 447 g/mol. The van der Waals surface area contributed by atoms with Crippen LogP contribution in [0, 0.1) is 0 Å². The van der Waals surface area contributed by atoms with E-state index in [0.717, 1.165) is 18.4 Å². The van der Waals surface area contributed by atoms with Crippen molar-refractivity contribution in [2.75, 3.05) is 33.3 Å². The van der Waals surface area contributed by atoms with Crippen LogP contribution in [0.3, 0.4) is 0 Å². The Morgan fingerprint density at radius 2 is 1.55 bits per heavy atom. The van der Waals surface area contributed by atoms with Crippen molar-refractivity contribution >= 4 is 29.2 Å². The van der Waals surface area contributed by atoms with Gasteiger partial charge in [-0.1, -0.05) is 36.6 Å². The highest BCUT2D eigenvalue weighted by Crippen LogP contribution is 2.43. The van der Waals surface area contributed by atoms with Crippen molar-refractivity contribution in [2.45, 2.75) is 31.1 Å². The summed E-state index contributed by atoms with van der Waals surface area (Å²) >= 11 is 5.99. The number of hydrogen-bond acceptors (Lipinski definition) is 6. The van der Waals surface area contributed by atoms with Gasteiger partial charge in [0.25, 0.3) is 5.91 Å². The summed E-state index contributed by atoms with van der Waals surface area (Å²) in [7, 11) is 4.47. The van der Waals surface area contributed by atoms with Crippen LogP contribution in [0.5, 0.6) is 17.2 Å². The molecular weight excluding hydrogens is 422 g/mol. The number of anilines is 1. The van der Waals surface area contributed by atoms with Gasteiger partial charge in [0.2, 0.25) is 5.75 Å². The number of amides is 1. The quantitative estimate of drug-likeness (QED) is 0.605. The van der Waals surface area contributed by atoms with Gasteiger partial charge < -0.3 is 24.3 Å². The highest BCUT2D eigenvalue weighted by molar-refractivity contribution is 6.30. The maximum Gasteiger partial charge on any atom is 0.317 e. The van der Waals surface area contributed by atoms with E-state index in [1.165, 1.54) is 21.3 Å². The first-order valence-electron chi connectivity index (χ1n) is 9.96. The molecule has 0 heterocycles. The maximum absolute atomic E-state index is 13.0. The van der Waals surface area contributed by atoms with Crippen molar-refractivity contribution in [3.63, 3.8) is 0 Å². The van der Waals surface area contributed by atoms with E-state index in [4.69, 9.17) is 30.5 Å². The van der Waals surface area contributed by atoms with Crippen LogP contribution in [0.25, 0.3) is 0 Å². The number of rotatable bonds is 8. The number of esters is 1. The topological polar surface area (TPSA) is 83.1 Å². The van der Waals surface area contributed by atoms with Gasteiger partial charge in [0.15, 0.2) is 18.1 Å². The molecule has 0 atom stereocenters. The van der Waals surface area contributed by atoms with Crippen molar-refractivity contribution in [3.05, 3.63) is 47.0 Å². The lowest BCUT2D eigenvalue weighted by molar-refractivity contribution is -0.153. The number of hydrogen-bond donors (Lipinski definition) is 1. The van der Waals surface area contributed by atoms with E-state index in [9.17, 15) is 9.59 Å². The molecule has 2 aromatic carbocycles. The van der Waals surface area contributed by atoms with Crippen molar-refractivity contribution < 1.29 is 28.5 Å². The van der Waals surface area contributed by atoms with Gasteiger partial charge in [-0.25, -0.2) is 0 Å². The summed E-state index contributed by atoms with van der Waals surface area (Å²) in [6.07, 6.45) is 3.22. The molecular formula is C23H26ClNO6. The zero-order valence-corrected chi connectivity index (χ0v) is 18.6. The summed E-state index contributed by atoms with van der Waals surface area (Å²) in [6.45, 7) is -0.398. The van der Waals surface area contributed by atoms with Crippen molar-refractivity contribution in [2.24, 2.45) is 0 Å². The molecule has 1 aliphatic carbocycles. The van der Waals surface area contributed by atoms with Gasteiger partial charge in [0.05, 0.1) is 26.7 Å². The van der Waals surface area contributed by atoms with Gasteiger partial charge in [0.1, 0.15) is 0 Å². The minimum Gasteiger partial charge on any atom is -0.493 e. The third kappa shape index (κ3) is 4.88. The van der Waals surface area contributed by atoms with E-state index >= 15 is 0 Å². The van der Waals surface area contributed by atoms with Crippen molar-refractivity contribution in [1.29, 1.82) is 0 Å². The molecule has 0 unspecified atom stereocenters. The molecule has 3 rings (SSSR count). The summed E-state index contributed by atoms with van der Waals surface area (Å²) in [5.74, 6) is 0.364. The van der Waals surface area contributed by atoms with Crippen LogP contribution in [0.4, 0.5) is 5.69 Å². The second-order valence-electron chi connectivity index (χ2n) is 7.33. The number of nitrogens with one attached hydrogen (secondary N) is 1. The molecule has 0 spiro atoms. The molecule has 1 fully saturated rings. The van der Waals surface area contributed by atoms with Crippen LogP contribution in [-0.4, -0.2) is 39.8 Å². The number of benzene rings is 2. The molecule has 0 bridgehead atoms. The molecule has 1 N–H and O–H groups in total. The first kappa shape index (κ1) is 22.7. The molecule has 1 saturated carbocycles. The SMILES string of the molecule is COc1cc(NC(=O)COC(=O)C2(c3ccc(Cl)cc3)CCCC2)cc(OC)c1OC. The number of carbonyl (C=O) groups excluding carboxylic acids is 2. The molecule has 1 aliphatic rings. The normalized spacial score (nSPS) is 14.6. The Labute approximate surface area is 186 Å². The van der Waals surface area contributed by atoms with E-state index in [0.29, 0.717) is 40.8 Å². The van der Waals surface area contributed by atoms with Gasteiger partial charge in [-0.2, -0.15) is 0 Å². The Balaban J connectivity index is 1.69. The maximum atomic E-state index is 13.0. The summed E-state index contributed by atoms with van der Waals surface area (Å²) in [5, 5.41) is 3.31. The Morgan fingerprint density at radius 1 is 0.968 bits per heavy atom. The summed E-state index contributed by atoms with van der Waals surface area (Å²) in [4.78, 5) is 25.5. The van der Waals surface area contributed by atoms with Gasteiger partial charge in [-0.3, -0.25) is 9.59 Å². The molecule has 31 heavy (non-hydrogen) atoms. The van der Waals surface area contributed by atoms with Gasteiger partial charge in [-0.15, -0.1) is 0 Å². The molecule has 0 saturated heterocycles. The third-order valence-corrected chi connectivity index (χ3v) is 5.78. The molecule has 7 nitrogen and oxygen atoms in total. The molecule has 2 aromatic rings. The van der Waals surface area contributed by atoms with Crippen LogP contribution < -0.4 is 19.5 Å². The van der Waals surface area contributed by atoms with E-state index < -0.39 is 23.9 Å². The van der Waals surface area contributed by atoms with Crippen LogP contribution in [-0.2, 0) is 19.7 Å². The van der Waals surface area contributed by atoms with E-state index in [1.54, 1.807) is 24.3 Å². The lowest BCUT2D eigenvalue weighted by Crippen LogP contribution is -2.36. The summed E-state index contributed by atoms with van der Waals surface area (Å²) in [5.41, 5.74) is 0.561. The van der Waals surface area contributed by atoms with Crippen LogP contribution in [0.15, 0.2) is 36.4 Å². The fourth-order valence-electron chi connectivity index (χ4n) is 3.98. The van der Waals surface area contributed by atoms with E-state index in [-0.39, 0.29) is 0 Å². The standard InChI is InChI=1S/C23H26ClNO6/c1-28-18-12-17(13-19(29-2)21(18)30-3)25-20(26)14-31-22(27)23(10-4-5-11-23)15-6-8-16(24)9-7-15/h6-9,12-13H,4-5,10-11,14H2,1-3H3,(H,25,26). The van der Waals surface area contributed by atoms with Gasteiger partial charge in [-0.05, 0) is 30.5 Å². The number of carbonyl (C=O) groups is 2. The fourth-order valence-corrected chi connectivity index (χ4v) is 4.10. The Morgan fingerprint density at radius 3 is 2.06 bits per heavy atom. The van der Waals surface area contributed by atoms with E-state index in [2.05, 4.69) is 5.32 Å². The fraction of sp³-hybridized carbons (Fsp3) is 0.391. The Kier molecular flexibility index (Phi) is 7.28. The third-order valence-electron chi connectivity index (χ3n) is 5.53. The van der Waals surface area contributed by atoms with Crippen LogP contribution >= 0.6 is 11.6 Å². The average molecular weight is 448 g/mol. The first-order chi connectivity index (χ1) is 14.9. The zero-order valence-electron chi connectivity index (χ0n) is 17.8. The highest BCUT2D eigenvalue weighted by atomic mass is 35.5. The smallest absolute Gasteiger partial charge is 0.317 e. The van der Waals surface area contributed by atoms with Gasteiger partial charge in [0, 0.05) is 22.8 Å². The van der Waals surface area contributed by atoms with Crippen molar-refractivity contribution in [3.8, 4) is 17.2 Å². The lowest BCUT2D eigenvalue weighted by atomic mass is 9.79. The summed E-state index contributed by atoms with van der Waals surface area (Å²) in [6, 6.07) is 10.4. The lowest BCUT2D eigenvalue weighted by Gasteiger charge is -2.27. The highest BCUT2D eigenvalue weighted by Gasteiger charge is 2.44. The second kappa shape index (κ2) is 9.92. The Bertz CT molecular complexity index is 913. The molecule has 8 heteroatoms. The molecule has 0 aliphatic heterocycles. The molecule has 1 amide bonds. The van der Waals surface area contributed by atoms with Crippen LogP contribution in [0.1, 0.15) is 31.2 Å². The number of halogens is 1. The number of methoxy groups -OCH3 is 3. The van der Waals surface area contributed by atoms with Crippen molar-refractivity contribution in [1.82, 2.24) is 0 Å². The minimum atomic E-state index is -0.739. The van der Waals surface area contributed by atoms with E-state index in [1.807, 2.05) is 12.1 Å². The predicted octanol–water partition coefficient (Wildman–Crippen LogP) is 4.36. The molecule has 0 aromatic heterocycles. The van der Waals surface area contributed by atoms with Crippen LogP contribution in [0.2, 0.25) is 5.02 Å². The first-order valence-corrected chi connectivity index (χ1v) is 10.3. The van der Waals surface area contributed by atoms with Gasteiger partial charge >= 0.3 is 5.97 Å². The molecule has 166 valence electrons. The second-order valence-corrected chi connectivity index (χ2v) is 7.77. The summed E-state index contributed by atoms with van der Waals surface area (Å²) < 4.78 is 21.3. The Hall–Kier alpha value is -2.93. The predicted molar refractivity (Wildman–Crippen MR) is 117 cm³/mol. The molecule has 0 radical (unpaired) electrons. The largest absolute Gasteiger partial charge is 0.493 e. The average Bonchev–Trinajstić information content (AvgIpc) is 3.28. The minimum absolute atomic E-state index is 0.396. The number of ether oxygens (including phenoxy) is 4. The zero-order chi connectivity index (χ0) is 22.4.